The summed E-state index contributed by atoms with van der Waals surface area (Å²) in [5.41, 5.74) is 1.87. The highest BCUT2D eigenvalue weighted by Gasteiger charge is 2.26. The lowest BCUT2D eigenvalue weighted by atomic mass is 10.1. The molecular weight excluding hydrogens is 270 g/mol. The first-order valence-electron chi connectivity index (χ1n) is 7.31. The van der Waals surface area contributed by atoms with Crippen LogP contribution in [0.3, 0.4) is 0 Å². The fourth-order valence-electron chi connectivity index (χ4n) is 2.51. The van der Waals surface area contributed by atoms with Crippen LogP contribution in [0, 0.1) is 0 Å². The number of carboxylic acids is 1. The zero-order valence-corrected chi connectivity index (χ0v) is 12.2. The third-order valence-corrected chi connectivity index (χ3v) is 3.57. The van der Waals surface area contributed by atoms with Gasteiger partial charge in [-0.15, -0.1) is 0 Å². The molecule has 1 aliphatic rings. The summed E-state index contributed by atoms with van der Waals surface area (Å²) in [6, 6.07) is 7.64. The number of benzene rings is 1. The molecule has 0 radical (unpaired) electrons. The van der Waals surface area contributed by atoms with Crippen molar-refractivity contribution in [3.63, 3.8) is 0 Å². The molecule has 5 nitrogen and oxygen atoms in total. The number of carbonyl (C=O) groups is 2. The largest absolute Gasteiger partial charge is 0.481 e. The lowest BCUT2D eigenvalue weighted by molar-refractivity contribution is -0.141. The second-order valence-electron chi connectivity index (χ2n) is 5.29. The summed E-state index contributed by atoms with van der Waals surface area (Å²) in [5, 5.41) is 8.81. The van der Waals surface area contributed by atoms with Gasteiger partial charge in [0.2, 0.25) is 0 Å². The molecule has 0 spiro atoms. The number of amides is 1. The Morgan fingerprint density at radius 1 is 1.33 bits per heavy atom. The quantitative estimate of drug-likeness (QED) is 0.900. The third kappa shape index (κ3) is 4.29. The maximum Gasteiger partial charge on any atom is 0.306 e. The number of nitrogens with zero attached hydrogens (tertiary/aromatic N) is 1. The van der Waals surface area contributed by atoms with E-state index in [2.05, 4.69) is 6.92 Å². The minimum atomic E-state index is -0.904. The lowest BCUT2D eigenvalue weighted by Crippen LogP contribution is -2.46. The molecule has 1 N–H and O–H groups in total. The zero-order valence-electron chi connectivity index (χ0n) is 12.2. The van der Waals surface area contributed by atoms with Gasteiger partial charge in [-0.1, -0.05) is 25.5 Å². The number of hydrogen-bond donors (Lipinski definition) is 1. The Kier molecular flexibility index (Phi) is 5.33. The summed E-state index contributed by atoms with van der Waals surface area (Å²) >= 11 is 0. The smallest absolute Gasteiger partial charge is 0.306 e. The van der Waals surface area contributed by atoms with Gasteiger partial charge >= 0.3 is 5.97 Å². The molecule has 1 fully saturated rings. The summed E-state index contributed by atoms with van der Waals surface area (Å²) in [6.07, 6.45) is 1.60. The highest BCUT2D eigenvalue weighted by Crippen LogP contribution is 2.14. The van der Waals surface area contributed by atoms with Gasteiger partial charge in [-0.05, 0) is 24.1 Å². The highest BCUT2D eigenvalue weighted by molar-refractivity contribution is 5.94. The van der Waals surface area contributed by atoms with Crippen molar-refractivity contribution in [1.82, 2.24) is 4.90 Å². The van der Waals surface area contributed by atoms with Crippen LogP contribution in [0.15, 0.2) is 24.3 Å². The number of carboxylic acid groups (broad SMARTS) is 1. The summed E-state index contributed by atoms with van der Waals surface area (Å²) in [7, 11) is 0. The first-order valence-corrected chi connectivity index (χ1v) is 7.31. The van der Waals surface area contributed by atoms with Crippen molar-refractivity contribution in [2.24, 2.45) is 0 Å². The lowest BCUT2D eigenvalue weighted by Gasteiger charge is -2.32. The number of ether oxygens (including phenoxy) is 1. The van der Waals surface area contributed by atoms with Crippen LogP contribution in [-0.4, -0.2) is 47.7 Å². The van der Waals surface area contributed by atoms with E-state index < -0.39 is 12.1 Å². The molecule has 1 aromatic carbocycles. The maximum atomic E-state index is 12.4. The van der Waals surface area contributed by atoms with Crippen LogP contribution in [0.5, 0.6) is 0 Å². The Morgan fingerprint density at radius 3 is 2.67 bits per heavy atom. The molecule has 1 atom stereocenters. The molecule has 1 unspecified atom stereocenters. The average Bonchev–Trinajstić information content (AvgIpc) is 2.47. The van der Waals surface area contributed by atoms with Crippen molar-refractivity contribution in [2.75, 3.05) is 19.7 Å². The van der Waals surface area contributed by atoms with Crippen LogP contribution in [0.2, 0.25) is 0 Å². The molecule has 5 heteroatoms. The van der Waals surface area contributed by atoms with Gasteiger partial charge < -0.3 is 14.7 Å². The Labute approximate surface area is 124 Å². The number of carbonyl (C=O) groups excluding carboxylic acids is 1. The normalized spacial score (nSPS) is 18.5. The van der Waals surface area contributed by atoms with Crippen molar-refractivity contribution < 1.29 is 19.4 Å². The average molecular weight is 291 g/mol. The fraction of sp³-hybridized carbons (Fsp3) is 0.500. The van der Waals surface area contributed by atoms with Gasteiger partial charge in [0.25, 0.3) is 5.91 Å². The van der Waals surface area contributed by atoms with E-state index in [4.69, 9.17) is 9.84 Å². The second-order valence-corrected chi connectivity index (χ2v) is 5.29. The van der Waals surface area contributed by atoms with Gasteiger partial charge in [-0.25, -0.2) is 0 Å². The standard InChI is InChI=1S/C16H21NO4/c1-2-3-12-4-6-13(7-5-12)16(20)17-8-9-21-14(11-17)10-15(18)19/h4-7,14H,2-3,8-11H2,1H3,(H,18,19). The number of rotatable bonds is 5. The van der Waals surface area contributed by atoms with Gasteiger partial charge in [0.05, 0.1) is 19.1 Å². The van der Waals surface area contributed by atoms with Crippen molar-refractivity contribution in [1.29, 1.82) is 0 Å². The molecule has 1 amide bonds. The van der Waals surface area contributed by atoms with Gasteiger partial charge in [-0.3, -0.25) is 9.59 Å². The van der Waals surface area contributed by atoms with Crippen LogP contribution in [-0.2, 0) is 16.0 Å². The monoisotopic (exact) mass is 291 g/mol. The minimum absolute atomic E-state index is 0.0586. The molecule has 1 aromatic rings. The van der Waals surface area contributed by atoms with Crippen molar-refractivity contribution in [3.8, 4) is 0 Å². The first-order chi connectivity index (χ1) is 10.1. The number of hydrogen-bond acceptors (Lipinski definition) is 3. The summed E-state index contributed by atoms with van der Waals surface area (Å²) in [6.45, 7) is 3.35. The van der Waals surface area contributed by atoms with Gasteiger partial charge in [0, 0.05) is 18.7 Å². The van der Waals surface area contributed by atoms with E-state index in [9.17, 15) is 9.59 Å². The van der Waals surface area contributed by atoms with E-state index in [1.54, 1.807) is 4.90 Å². The number of aryl methyl sites for hydroxylation is 1. The zero-order chi connectivity index (χ0) is 15.2. The summed E-state index contributed by atoms with van der Waals surface area (Å²) in [5.74, 6) is -0.963. The molecular formula is C16H21NO4. The van der Waals surface area contributed by atoms with E-state index in [0.717, 1.165) is 12.8 Å². The van der Waals surface area contributed by atoms with Crippen molar-refractivity contribution in [3.05, 3.63) is 35.4 Å². The van der Waals surface area contributed by atoms with E-state index in [0.29, 0.717) is 25.3 Å². The highest BCUT2D eigenvalue weighted by atomic mass is 16.5. The van der Waals surface area contributed by atoms with E-state index in [1.807, 2.05) is 24.3 Å². The Morgan fingerprint density at radius 2 is 2.05 bits per heavy atom. The van der Waals surface area contributed by atoms with Gasteiger partial charge in [0.15, 0.2) is 0 Å². The topological polar surface area (TPSA) is 66.8 Å². The molecule has 21 heavy (non-hydrogen) atoms. The molecule has 114 valence electrons. The van der Waals surface area contributed by atoms with Crippen LogP contribution < -0.4 is 0 Å². The van der Waals surface area contributed by atoms with Gasteiger partial charge in [-0.2, -0.15) is 0 Å². The molecule has 0 aliphatic carbocycles. The number of morpholine rings is 1. The summed E-state index contributed by atoms with van der Waals surface area (Å²) < 4.78 is 5.38. The second kappa shape index (κ2) is 7.22. The number of aliphatic carboxylic acids is 1. The van der Waals surface area contributed by atoms with E-state index in [-0.39, 0.29) is 12.3 Å². The predicted molar refractivity (Wildman–Crippen MR) is 78.3 cm³/mol. The fourth-order valence-corrected chi connectivity index (χ4v) is 2.51. The molecule has 1 heterocycles. The predicted octanol–water partition coefficient (Wildman–Crippen LogP) is 1.95. The Bertz CT molecular complexity index is 498. The van der Waals surface area contributed by atoms with Gasteiger partial charge in [0.1, 0.15) is 0 Å². The Hall–Kier alpha value is -1.88. The van der Waals surface area contributed by atoms with Crippen LogP contribution >= 0.6 is 0 Å². The van der Waals surface area contributed by atoms with E-state index in [1.165, 1.54) is 5.56 Å². The minimum Gasteiger partial charge on any atom is -0.481 e. The van der Waals surface area contributed by atoms with Crippen molar-refractivity contribution >= 4 is 11.9 Å². The molecule has 1 aliphatic heterocycles. The van der Waals surface area contributed by atoms with Crippen LogP contribution in [0.4, 0.5) is 0 Å². The molecule has 0 bridgehead atoms. The molecule has 2 rings (SSSR count). The summed E-state index contributed by atoms with van der Waals surface area (Å²) in [4.78, 5) is 24.8. The maximum absolute atomic E-state index is 12.4. The van der Waals surface area contributed by atoms with Crippen LogP contribution in [0.1, 0.15) is 35.7 Å². The molecule has 1 saturated heterocycles. The van der Waals surface area contributed by atoms with Crippen LogP contribution in [0.25, 0.3) is 0 Å². The third-order valence-electron chi connectivity index (χ3n) is 3.57. The Balaban J connectivity index is 1.99. The SMILES string of the molecule is CCCc1ccc(C(=O)N2CCOC(CC(=O)O)C2)cc1. The first kappa shape index (κ1) is 15.5. The molecule has 0 aromatic heterocycles. The van der Waals surface area contributed by atoms with E-state index >= 15 is 0 Å². The van der Waals surface area contributed by atoms with Crippen molar-refractivity contribution in [2.45, 2.75) is 32.3 Å². The molecule has 0 saturated carbocycles.